The Balaban J connectivity index is 1.87. The first-order valence-electron chi connectivity index (χ1n) is 10.3. The SMILES string of the molecule is CCCCCCCCCCCCCCCC=C1C(=O)OC(C)C1O. The lowest BCUT2D eigenvalue weighted by molar-refractivity contribution is -0.138. The number of aliphatic hydroxyl groups excluding tert-OH is 1. The quantitative estimate of drug-likeness (QED) is 0.251. The fourth-order valence-electron chi connectivity index (χ4n) is 3.30. The molecule has 3 heteroatoms. The Hall–Kier alpha value is -0.830. The molecule has 0 bridgehead atoms. The van der Waals surface area contributed by atoms with Gasteiger partial charge >= 0.3 is 5.97 Å². The van der Waals surface area contributed by atoms with E-state index in [1.807, 2.05) is 6.08 Å². The van der Waals surface area contributed by atoms with Crippen LogP contribution in [0.15, 0.2) is 11.6 Å². The van der Waals surface area contributed by atoms with Gasteiger partial charge in [-0.1, -0.05) is 90.0 Å². The van der Waals surface area contributed by atoms with E-state index in [9.17, 15) is 9.90 Å². The van der Waals surface area contributed by atoms with Crippen LogP contribution in [0.25, 0.3) is 0 Å². The molecular formula is C21H38O3. The maximum Gasteiger partial charge on any atom is 0.336 e. The molecule has 24 heavy (non-hydrogen) atoms. The normalized spacial score (nSPS) is 22.3. The fourth-order valence-corrected chi connectivity index (χ4v) is 3.30. The minimum Gasteiger partial charge on any atom is -0.456 e. The highest BCUT2D eigenvalue weighted by Gasteiger charge is 2.34. The van der Waals surface area contributed by atoms with Gasteiger partial charge in [0.1, 0.15) is 12.2 Å². The molecule has 2 unspecified atom stereocenters. The van der Waals surface area contributed by atoms with Crippen LogP contribution in [0.5, 0.6) is 0 Å². The molecule has 0 aliphatic carbocycles. The van der Waals surface area contributed by atoms with Gasteiger partial charge in [0.2, 0.25) is 0 Å². The standard InChI is InChI=1S/C21H38O3/c1-3-4-5-6-7-8-9-10-11-12-13-14-15-16-17-19-20(22)18(2)24-21(19)23/h17-18,20,22H,3-16H2,1-2H3. The summed E-state index contributed by atoms with van der Waals surface area (Å²) in [4.78, 5) is 11.5. The zero-order valence-corrected chi connectivity index (χ0v) is 15.9. The van der Waals surface area contributed by atoms with Crippen molar-refractivity contribution in [1.82, 2.24) is 0 Å². The number of hydrogen-bond donors (Lipinski definition) is 1. The molecular weight excluding hydrogens is 300 g/mol. The summed E-state index contributed by atoms with van der Waals surface area (Å²) < 4.78 is 5.00. The number of hydrogen-bond acceptors (Lipinski definition) is 3. The molecule has 0 saturated carbocycles. The van der Waals surface area contributed by atoms with Crippen molar-refractivity contribution in [2.75, 3.05) is 0 Å². The first-order valence-corrected chi connectivity index (χ1v) is 10.3. The van der Waals surface area contributed by atoms with Crippen molar-refractivity contribution in [3.63, 3.8) is 0 Å². The van der Waals surface area contributed by atoms with Gasteiger partial charge in [-0.25, -0.2) is 4.79 Å². The highest BCUT2D eigenvalue weighted by Crippen LogP contribution is 2.22. The zero-order valence-electron chi connectivity index (χ0n) is 15.9. The number of aliphatic hydroxyl groups is 1. The molecule has 0 aromatic heterocycles. The van der Waals surface area contributed by atoms with Crippen LogP contribution in [-0.4, -0.2) is 23.3 Å². The predicted octanol–water partition coefficient (Wildman–Crippen LogP) is 5.70. The third kappa shape index (κ3) is 8.86. The largest absolute Gasteiger partial charge is 0.456 e. The van der Waals surface area contributed by atoms with E-state index in [0.29, 0.717) is 5.57 Å². The molecule has 1 fully saturated rings. The first kappa shape index (κ1) is 21.2. The second kappa shape index (κ2) is 13.5. The summed E-state index contributed by atoms with van der Waals surface area (Å²) >= 11 is 0. The molecule has 1 rings (SSSR count). The number of ether oxygens (including phenoxy) is 1. The Kier molecular flexibility index (Phi) is 11.9. The molecule has 1 N–H and O–H groups in total. The van der Waals surface area contributed by atoms with E-state index in [1.165, 1.54) is 77.0 Å². The van der Waals surface area contributed by atoms with Crippen LogP contribution >= 0.6 is 0 Å². The van der Waals surface area contributed by atoms with Crippen molar-refractivity contribution in [3.05, 3.63) is 11.6 Å². The van der Waals surface area contributed by atoms with Crippen molar-refractivity contribution in [2.45, 2.75) is 116 Å². The molecule has 140 valence electrons. The Morgan fingerprint density at radius 3 is 1.75 bits per heavy atom. The second-order valence-electron chi connectivity index (χ2n) is 7.25. The lowest BCUT2D eigenvalue weighted by Crippen LogP contribution is -2.17. The lowest BCUT2D eigenvalue weighted by atomic mass is 10.0. The average Bonchev–Trinajstić information content (AvgIpc) is 2.81. The summed E-state index contributed by atoms with van der Waals surface area (Å²) in [7, 11) is 0. The number of carbonyl (C=O) groups is 1. The van der Waals surface area contributed by atoms with Crippen molar-refractivity contribution in [3.8, 4) is 0 Å². The molecule has 0 radical (unpaired) electrons. The summed E-state index contributed by atoms with van der Waals surface area (Å²) in [5, 5.41) is 9.82. The molecule has 0 aromatic rings. The number of unbranched alkanes of at least 4 members (excludes halogenated alkanes) is 13. The highest BCUT2D eigenvalue weighted by atomic mass is 16.6. The molecule has 2 atom stereocenters. The zero-order chi connectivity index (χ0) is 17.6. The van der Waals surface area contributed by atoms with Crippen molar-refractivity contribution < 1.29 is 14.6 Å². The molecule has 3 nitrogen and oxygen atoms in total. The molecule has 1 aliphatic heterocycles. The third-order valence-electron chi connectivity index (χ3n) is 4.96. The van der Waals surface area contributed by atoms with Crippen LogP contribution in [0.4, 0.5) is 0 Å². The number of allylic oxidation sites excluding steroid dienone is 1. The maximum absolute atomic E-state index is 11.5. The van der Waals surface area contributed by atoms with E-state index in [1.54, 1.807) is 6.92 Å². The fraction of sp³-hybridized carbons (Fsp3) is 0.857. The van der Waals surface area contributed by atoms with Crippen molar-refractivity contribution in [1.29, 1.82) is 0 Å². The van der Waals surface area contributed by atoms with Gasteiger partial charge in [0, 0.05) is 0 Å². The molecule has 0 aromatic carbocycles. The van der Waals surface area contributed by atoms with Gasteiger partial charge in [-0.3, -0.25) is 0 Å². The van der Waals surface area contributed by atoms with E-state index in [2.05, 4.69) is 6.92 Å². The van der Waals surface area contributed by atoms with E-state index < -0.39 is 12.2 Å². The van der Waals surface area contributed by atoms with Crippen LogP contribution < -0.4 is 0 Å². The molecule has 0 amide bonds. The average molecular weight is 339 g/mol. The van der Waals surface area contributed by atoms with Crippen molar-refractivity contribution >= 4 is 5.97 Å². The molecule has 0 spiro atoms. The Morgan fingerprint density at radius 1 is 0.875 bits per heavy atom. The van der Waals surface area contributed by atoms with Gasteiger partial charge in [-0.2, -0.15) is 0 Å². The van der Waals surface area contributed by atoms with Gasteiger partial charge in [0.25, 0.3) is 0 Å². The minimum absolute atomic E-state index is 0.343. The third-order valence-corrected chi connectivity index (χ3v) is 4.96. The van der Waals surface area contributed by atoms with Crippen LogP contribution in [0.2, 0.25) is 0 Å². The number of rotatable bonds is 14. The van der Waals surface area contributed by atoms with Gasteiger partial charge in [0.15, 0.2) is 0 Å². The topological polar surface area (TPSA) is 46.5 Å². The van der Waals surface area contributed by atoms with Gasteiger partial charge in [-0.15, -0.1) is 0 Å². The van der Waals surface area contributed by atoms with Crippen LogP contribution in [0.3, 0.4) is 0 Å². The van der Waals surface area contributed by atoms with Gasteiger partial charge in [0.05, 0.1) is 5.57 Å². The van der Waals surface area contributed by atoms with E-state index in [0.717, 1.165) is 12.8 Å². The minimum atomic E-state index is -0.737. The van der Waals surface area contributed by atoms with E-state index >= 15 is 0 Å². The second-order valence-corrected chi connectivity index (χ2v) is 7.25. The predicted molar refractivity (Wildman–Crippen MR) is 100.0 cm³/mol. The maximum atomic E-state index is 11.5. The Morgan fingerprint density at radius 2 is 1.33 bits per heavy atom. The lowest BCUT2D eigenvalue weighted by Gasteiger charge is -2.05. The summed E-state index contributed by atoms with van der Waals surface area (Å²) in [5.74, 6) is -0.343. The number of cyclic esters (lactones) is 1. The van der Waals surface area contributed by atoms with Gasteiger partial charge < -0.3 is 9.84 Å². The van der Waals surface area contributed by atoms with Crippen LogP contribution in [0, 0.1) is 0 Å². The van der Waals surface area contributed by atoms with E-state index in [4.69, 9.17) is 4.74 Å². The summed E-state index contributed by atoms with van der Waals surface area (Å²) in [6.45, 7) is 4.00. The molecule has 1 saturated heterocycles. The van der Waals surface area contributed by atoms with E-state index in [-0.39, 0.29) is 5.97 Å². The summed E-state index contributed by atoms with van der Waals surface area (Å²) in [5.41, 5.74) is 0.460. The molecule has 1 aliphatic rings. The first-order chi connectivity index (χ1) is 11.7. The summed E-state index contributed by atoms with van der Waals surface area (Å²) in [6.07, 6.45) is 19.1. The number of carbonyl (C=O) groups excluding carboxylic acids is 1. The monoisotopic (exact) mass is 338 g/mol. The summed E-state index contributed by atoms with van der Waals surface area (Å²) in [6, 6.07) is 0. The molecule has 1 heterocycles. The Labute approximate surface area is 148 Å². The van der Waals surface area contributed by atoms with Crippen molar-refractivity contribution in [2.24, 2.45) is 0 Å². The Bertz CT molecular complexity index is 362. The van der Waals surface area contributed by atoms with Crippen LogP contribution in [0.1, 0.15) is 104 Å². The van der Waals surface area contributed by atoms with Crippen LogP contribution in [-0.2, 0) is 9.53 Å². The highest BCUT2D eigenvalue weighted by molar-refractivity contribution is 5.92. The number of esters is 1. The smallest absolute Gasteiger partial charge is 0.336 e. The van der Waals surface area contributed by atoms with Gasteiger partial charge in [-0.05, 0) is 19.8 Å².